The number of phenolic OH excluding ortho intramolecular Hbond substituents is 1. The van der Waals surface area contributed by atoms with Crippen molar-refractivity contribution in [1.29, 1.82) is 0 Å². The van der Waals surface area contributed by atoms with E-state index in [-0.39, 0.29) is 24.1 Å². The van der Waals surface area contributed by atoms with Crippen LogP contribution in [0.1, 0.15) is 13.0 Å². The van der Waals surface area contributed by atoms with Gasteiger partial charge in [-0.3, -0.25) is 4.57 Å². The van der Waals surface area contributed by atoms with Crippen molar-refractivity contribution in [2.75, 3.05) is 6.61 Å². The average Bonchev–Trinajstić information content (AvgIpc) is 2.52. The first-order chi connectivity index (χ1) is 7.13. The molecule has 1 atom stereocenters. The molecule has 2 aromatic rings. The third kappa shape index (κ3) is 1.50. The number of nitrogens with one attached hydrogen (secondary N) is 1. The van der Waals surface area contributed by atoms with Crippen LogP contribution in [-0.4, -0.2) is 26.4 Å². The van der Waals surface area contributed by atoms with Crippen LogP contribution in [0.4, 0.5) is 0 Å². The first kappa shape index (κ1) is 9.79. The van der Waals surface area contributed by atoms with Crippen molar-refractivity contribution in [2.24, 2.45) is 0 Å². The van der Waals surface area contributed by atoms with E-state index in [2.05, 4.69) is 4.98 Å². The van der Waals surface area contributed by atoms with Crippen molar-refractivity contribution >= 4 is 11.0 Å². The number of rotatable bonds is 2. The first-order valence-corrected chi connectivity index (χ1v) is 4.67. The van der Waals surface area contributed by atoms with Gasteiger partial charge in [-0.2, -0.15) is 0 Å². The number of fused-ring (bicyclic) bond motifs is 1. The highest BCUT2D eigenvalue weighted by Crippen LogP contribution is 2.19. The van der Waals surface area contributed by atoms with Crippen LogP contribution in [0.15, 0.2) is 23.0 Å². The molecule has 1 aromatic carbocycles. The minimum Gasteiger partial charge on any atom is -0.508 e. The molecular weight excluding hydrogens is 196 g/mol. The van der Waals surface area contributed by atoms with Crippen LogP contribution in [-0.2, 0) is 0 Å². The molecule has 0 aliphatic heterocycles. The molecule has 0 spiro atoms. The third-order valence-electron chi connectivity index (χ3n) is 2.41. The number of aromatic hydroxyl groups is 1. The van der Waals surface area contributed by atoms with E-state index in [0.29, 0.717) is 11.0 Å². The summed E-state index contributed by atoms with van der Waals surface area (Å²) in [6.07, 6.45) is 0. The molecule has 3 N–H and O–H groups in total. The lowest BCUT2D eigenvalue weighted by Crippen LogP contribution is -2.22. The molecule has 0 saturated heterocycles. The number of imidazole rings is 1. The Kier molecular flexibility index (Phi) is 2.24. The fraction of sp³-hybridized carbons (Fsp3) is 0.300. The summed E-state index contributed by atoms with van der Waals surface area (Å²) in [4.78, 5) is 14.2. The fourth-order valence-corrected chi connectivity index (χ4v) is 1.64. The Bertz CT molecular complexity index is 541. The molecule has 5 nitrogen and oxygen atoms in total. The number of hydrogen-bond acceptors (Lipinski definition) is 3. The quantitative estimate of drug-likeness (QED) is 0.675. The van der Waals surface area contributed by atoms with E-state index in [4.69, 9.17) is 5.11 Å². The van der Waals surface area contributed by atoms with Gasteiger partial charge in [-0.15, -0.1) is 0 Å². The van der Waals surface area contributed by atoms with Crippen molar-refractivity contribution in [3.63, 3.8) is 0 Å². The van der Waals surface area contributed by atoms with Crippen LogP contribution in [0.2, 0.25) is 0 Å². The summed E-state index contributed by atoms with van der Waals surface area (Å²) in [5.41, 5.74) is 0.969. The maximum absolute atomic E-state index is 11.6. The Labute approximate surface area is 85.6 Å². The Morgan fingerprint density at radius 3 is 2.93 bits per heavy atom. The minimum atomic E-state index is -0.282. The van der Waals surface area contributed by atoms with Crippen molar-refractivity contribution in [2.45, 2.75) is 13.0 Å². The van der Waals surface area contributed by atoms with Gasteiger partial charge in [0.25, 0.3) is 0 Å². The second-order valence-electron chi connectivity index (χ2n) is 3.53. The van der Waals surface area contributed by atoms with E-state index in [1.165, 1.54) is 16.7 Å². The van der Waals surface area contributed by atoms with Gasteiger partial charge >= 0.3 is 5.69 Å². The summed E-state index contributed by atoms with van der Waals surface area (Å²) in [6.45, 7) is 1.65. The molecule has 0 amide bonds. The molecule has 0 radical (unpaired) electrons. The van der Waals surface area contributed by atoms with Crippen molar-refractivity contribution in [3.05, 3.63) is 28.7 Å². The molecule has 0 bridgehead atoms. The standard InChI is InChI=1S/C10H12N2O3/c1-6(5-13)12-9-3-2-7(14)4-8(9)11-10(12)15/h2-4,6,13-14H,5H2,1H3,(H,11,15). The number of aliphatic hydroxyl groups excluding tert-OH is 1. The van der Waals surface area contributed by atoms with Gasteiger partial charge in [0.05, 0.1) is 23.7 Å². The van der Waals surface area contributed by atoms with Gasteiger partial charge in [0.1, 0.15) is 5.75 Å². The maximum Gasteiger partial charge on any atom is 0.326 e. The zero-order chi connectivity index (χ0) is 11.0. The lowest BCUT2D eigenvalue weighted by atomic mass is 10.2. The number of aromatic amines is 1. The Morgan fingerprint density at radius 2 is 2.27 bits per heavy atom. The number of phenols is 1. The van der Waals surface area contributed by atoms with Crippen molar-refractivity contribution in [1.82, 2.24) is 9.55 Å². The third-order valence-corrected chi connectivity index (χ3v) is 2.41. The second kappa shape index (κ2) is 3.43. The van der Waals surface area contributed by atoms with Crippen LogP contribution in [0.5, 0.6) is 5.75 Å². The summed E-state index contributed by atoms with van der Waals surface area (Å²) >= 11 is 0. The van der Waals surface area contributed by atoms with Gasteiger partial charge in [-0.25, -0.2) is 4.79 Å². The fourth-order valence-electron chi connectivity index (χ4n) is 1.64. The number of hydrogen-bond donors (Lipinski definition) is 3. The number of aromatic nitrogens is 2. The monoisotopic (exact) mass is 208 g/mol. The van der Waals surface area contributed by atoms with Crippen LogP contribution < -0.4 is 5.69 Å². The first-order valence-electron chi connectivity index (χ1n) is 4.67. The van der Waals surface area contributed by atoms with E-state index in [0.717, 1.165) is 0 Å². The molecule has 80 valence electrons. The Balaban J connectivity index is 2.74. The summed E-state index contributed by atoms with van der Waals surface area (Å²) in [6, 6.07) is 4.36. The van der Waals surface area contributed by atoms with E-state index >= 15 is 0 Å². The number of nitrogens with zero attached hydrogens (tertiary/aromatic N) is 1. The SMILES string of the molecule is CC(CO)n1c(=O)[nH]c2cc(O)ccc21. The lowest BCUT2D eigenvalue weighted by molar-refractivity contribution is 0.239. The number of aliphatic hydroxyl groups is 1. The Morgan fingerprint density at radius 1 is 1.53 bits per heavy atom. The molecule has 5 heteroatoms. The molecule has 1 aromatic heterocycles. The summed E-state index contributed by atoms with van der Waals surface area (Å²) in [5.74, 6) is 0.104. The molecule has 0 aliphatic rings. The van der Waals surface area contributed by atoms with Crippen LogP contribution in [0.3, 0.4) is 0 Å². The molecule has 1 heterocycles. The summed E-state index contributed by atoms with van der Waals surface area (Å²) in [5, 5.41) is 18.3. The molecule has 15 heavy (non-hydrogen) atoms. The molecular formula is C10H12N2O3. The molecule has 0 saturated carbocycles. The lowest BCUT2D eigenvalue weighted by Gasteiger charge is -2.09. The topological polar surface area (TPSA) is 78.2 Å². The molecule has 1 unspecified atom stereocenters. The van der Waals surface area contributed by atoms with Gasteiger partial charge in [0.2, 0.25) is 0 Å². The van der Waals surface area contributed by atoms with Gasteiger partial charge in [-0.05, 0) is 19.1 Å². The zero-order valence-electron chi connectivity index (χ0n) is 8.27. The minimum absolute atomic E-state index is 0.103. The van der Waals surface area contributed by atoms with Crippen molar-refractivity contribution in [3.8, 4) is 5.75 Å². The zero-order valence-corrected chi connectivity index (χ0v) is 8.27. The highest BCUT2D eigenvalue weighted by molar-refractivity contribution is 5.76. The predicted molar refractivity (Wildman–Crippen MR) is 56.0 cm³/mol. The summed E-state index contributed by atoms with van der Waals surface area (Å²) < 4.78 is 1.47. The molecule has 0 aliphatic carbocycles. The van der Waals surface area contributed by atoms with Gasteiger partial charge < -0.3 is 15.2 Å². The second-order valence-corrected chi connectivity index (χ2v) is 3.53. The highest BCUT2D eigenvalue weighted by atomic mass is 16.3. The largest absolute Gasteiger partial charge is 0.508 e. The normalized spacial score (nSPS) is 13.2. The highest BCUT2D eigenvalue weighted by Gasteiger charge is 2.11. The average molecular weight is 208 g/mol. The maximum atomic E-state index is 11.6. The van der Waals surface area contributed by atoms with E-state index in [9.17, 15) is 9.90 Å². The number of H-pyrrole nitrogens is 1. The van der Waals surface area contributed by atoms with Crippen molar-refractivity contribution < 1.29 is 10.2 Å². The Hall–Kier alpha value is -1.75. The van der Waals surface area contributed by atoms with E-state index < -0.39 is 0 Å². The van der Waals surface area contributed by atoms with Gasteiger partial charge in [-0.1, -0.05) is 0 Å². The smallest absolute Gasteiger partial charge is 0.326 e. The van der Waals surface area contributed by atoms with Gasteiger partial charge in [0.15, 0.2) is 0 Å². The van der Waals surface area contributed by atoms with E-state index in [1.54, 1.807) is 13.0 Å². The predicted octanol–water partition coefficient (Wildman–Crippen LogP) is 0.588. The number of benzene rings is 1. The molecule has 0 fully saturated rings. The summed E-state index contributed by atoms with van der Waals surface area (Å²) in [7, 11) is 0. The van der Waals surface area contributed by atoms with Crippen LogP contribution in [0.25, 0.3) is 11.0 Å². The molecule has 2 rings (SSSR count). The van der Waals surface area contributed by atoms with E-state index in [1.807, 2.05) is 0 Å². The van der Waals surface area contributed by atoms with Gasteiger partial charge in [0, 0.05) is 6.07 Å². The van der Waals surface area contributed by atoms with Crippen LogP contribution >= 0.6 is 0 Å². The van der Waals surface area contributed by atoms with Crippen LogP contribution in [0, 0.1) is 0 Å².